The van der Waals surface area contributed by atoms with Gasteiger partial charge in [-0.2, -0.15) is 4.31 Å². The summed E-state index contributed by atoms with van der Waals surface area (Å²) in [5.41, 5.74) is 0.827. The number of imide groups is 1. The van der Waals surface area contributed by atoms with Gasteiger partial charge in [-0.3, -0.25) is 9.59 Å². The van der Waals surface area contributed by atoms with Gasteiger partial charge in [0.1, 0.15) is 10.9 Å². The number of sulfonamides is 1. The van der Waals surface area contributed by atoms with Crippen molar-refractivity contribution in [2.75, 3.05) is 12.0 Å². The Morgan fingerprint density at radius 3 is 2.32 bits per heavy atom. The summed E-state index contributed by atoms with van der Waals surface area (Å²) in [6.45, 7) is -0.302. The zero-order valence-electron chi connectivity index (χ0n) is 19.2. The molecule has 1 saturated heterocycles. The summed E-state index contributed by atoms with van der Waals surface area (Å²) in [5, 5.41) is 0.314. The van der Waals surface area contributed by atoms with Crippen molar-refractivity contribution in [3.8, 4) is 0 Å². The molecule has 0 radical (unpaired) electrons. The van der Waals surface area contributed by atoms with Gasteiger partial charge in [-0.05, 0) is 54.1 Å². The number of carbonyl (C=O) groups excluding carboxylic acids is 3. The Kier molecular flexibility index (Phi) is 7.91. The first-order valence-electron chi connectivity index (χ1n) is 10.8. The second-order valence-electron chi connectivity index (χ2n) is 8.04. The topological polar surface area (TPSA) is 101 Å². The van der Waals surface area contributed by atoms with Gasteiger partial charge in [0.15, 0.2) is 0 Å². The maximum Gasteiger partial charge on any atom is 0.337 e. The van der Waals surface area contributed by atoms with E-state index in [-0.39, 0.29) is 37.8 Å². The lowest BCUT2D eigenvalue weighted by Crippen LogP contribution is -2.45. The van der Waals surface area contributed by atoms with Gasteiger partial charge in [-0.15, -0.1) is 0 Å². The van der Waals surface area contributed by atoms with E-state index in [0.29, 0.717) is 5.56 Å². The minimum atomic E-state index is -4.44. The lowest BCUT2D eigenvalue weighted by Gasteiger charge is -2.27. The van der Waals surface area contributed by atoms with Crippen molar-refractivity contribution in [3.05, 3.63) is 92.9 Å². The van der Waals surface area contributed by atoms with Crippen LogP contribution in [0.25, 0.3) is 0 Å². The number of benzene rings is 3. The number of anilines is 1. The predicted octanol–water partition coefficient (Wildman–Crippen LogP) is 4.96. The summed E-state index contributed by atoms with van der Waals surface area (Å²) in [6, 6.07) is 14.8. The number of hydrogen-bond acceptors (Lipinski definition) is 6. The molecule has 192 valence electrons. The van der Waals surface area contributed by atoms with Crippen LogP contribution in [0.4, 0.5) is 5.69 Å². The Morgan fingerprint density at radius 2 is 1.68 bits per heavy atom. The van der Waals surface area contributed by atoms with Crippen molar-refractivity contribution >= 4 is 68.3 Å². The third-order valence-electron chi connectivity index (χ3n) is 5.78. The lowest BCUT2D eigenvalue weighted by molar-refractivity contribution is -0.122. The normalized spacial score (nSPS) is 15.9. The number of nitrogens with zero attached hydrogens (tertiary/aromatic N) is 2. The Bertz CT molecular complexity index is 1490. The summed E-state index contributed by atoms with van der Waals surface area (Å²) in [5.74, 6) is -1.96. The van der Waals surface area contributed by atoms with Crippen molar-refractivity contribution in [1.29, 1.82) is 0 Å². The van der Waals surface area contributed by atoms with Crippen LogP contribution in [0.2, 0.25) is 15.1 Å². The van der Waals surface area contributed by atoms with Gasteiger partial charge in [0, 0.05) is 16.6 Å². The molecule has 3 aromatic rings. The summed E-state index contributed by atoms with van der Waals surface area (Å²) in [7, 11) is -3.21. The average molecular weight is 582 g/mol. The van der Waals surface area contributed by atoms with Gasteiger partial charge in [-0.1, -0.05) is 53.0 Å². The van der Waals surface area contributed by atoms with Crippen LogP contribution in [-0.2, 0) is 30.9 Å². The van der Waals surface area contributed by atoms with Crippen molar-refractivity contribution in [1.82, 2.24) is 4.31 Å². The highest BCUT2D eigenvalue weighted by Crippen LogP contribution is 2.35. The van der Waals surface area contributed by atoms with Crippen molar-refractivity contribution in [2.45, 2.75) is 23.9 Å². The maximum atomic E-state index is 13.9. The third-order valence-corrected chi connectivity index (χ3v) is 8.72. The zero-order valence-corrected chi connectivity index (χ0v) is 22.3. The zero-order chi connectivity index (χ0) is 26.9. The van der Waals surface area contributed by atoms with Crippen LogP contribution < -0.4 is 4.90 Å². The first-order valence-corrected chi connectivity index (χ1v) is 13.4. The summed E-state index contributed by atoms with van der Waals surface area (Å²) in [6.07, 6.45) is -0.417. The molecule has 4 rings (SSSR count). The van der Waals surface area contributed by atoms with Crippen LogP contribution in [0.15, 0.2) is 71.6 Å². The molecule has 2 amide bonds. The first-order chi connectivity index (χ1) is 17.5. The van der Waals surface area contributed by atoms with Crippen molar-refractivity contribution in [3.63, 3.8) is 0 Å². The Balaban J connectivity index is 1.76. The predicted molar refractivity (Wildman–Crippen MR) is 139 cm³/mol. The number of amides is 2. The van der Waals surface area contributed by atoms with E-state index in [1.807, 2.05) is 0 Å². The number of carbonyl (C=O) groups is 3. The molecule has 1 aliphatic heterocycles. The smallest absolute Gasteiger partial charge is 0.337 e. The average Bonchev–Trinajstić information content (AvgIpc) is 3.17. The first kappa shape index (κ1) is 27.1. The molecule has 37 heavy (non-hydrogen) atoms. The standard InChI is InChI=1S/C25H19Cl3N2O6S/c1-36-25(33)15-6-9-18(10-7-15)30-23(31)13-21(24(30)32)29(14-16-4-2-3-5-19(16)27)37(34,35)22-12-17(26)8-11-20(22)28/h2-12,21H,13-14H2,1H3. The summed E-state index contributed by atoms with van der Waals surface area (Å²) in [4.78, 5) is 38.9. The second-order valence-corrected chi connectivity index (χ2v) is 11.2. The number of hydrogen-bond donors (Lipinski definition) is 0. The molecule has 0 bridgehead atoms. The maximum absolute atomic E-state index is 13.9. The monoisotopic (exact) mass is 580 g/mol. The van der Waals surface area contributed by atoms with E-state index in [1.54, 1.807) is 24.3 Å². The Labute approximate surface area is 228 Å². The fourth-order valence-electron chi connectivity index (χ4n) is 3.93. The van der Waals surface area contributed by atoms with Gasteiger partial charge in [0.25, 0.3) is 5.91 Å². The van der Waals surface area contributed by atoms with Gasteiger partial charge in [0.05, 0.1) is 29.8 Å². The molecule has 0 aliphatic carbocycles. The highest BCUT2D eigenvalue weighted by atomic mass is 35.5. The number of ether oxygens (including phenoxy) is 1. The van der Waals surface area contributed by atoms with Gasteiger partial charge in [0.2, 0.25) is 15.9 Å². The molecule has 1 heterocycles. The molecule has 3 aromatic carbocycles. The highest BCUT2D eigenvalue weighted by molar-refractivity contribution is 7.89. The van der Waals surface area contributed by atoms with E-state index >= 15 is 0 Å². The molecule has 0 saturated carbocycles. The fourth-order valence-corrected chi connectivity index (χ4v) is 6.43. The quantitative estimate of drug-likeness (QED) is 0.289. The molecule has 12 heteroatoms. The summed E-state index contributed by atoms with van der Waals surface area (Å²) >= 11 is 18.6. The second kappa shape index (κ2) is 10.8. The van der Waals surface area contributed by atoms with E-state index in [9.17, 15) is 22.8 Å². The molecule has 1 aliphatic rings. The molecule has 0 aromatic heterocycles. The summed E-state index contributed by atoms with van der Waals surface area (Å²) < 4.78 is 33.3. The molecule has 0 spiro atoms. The van der Waals surface area contributed by atoms with Crippen LogP contribution in [0.1, 0.15) is 22.3 Å². The van der Waals surface area contributed by atoms with E-state index < -0.39 is 40.3 Å². The lowest BCUT2D eigenvalue weighted by atomic mass is 10.2. The molecule has 1 unspecified atom stereocenters. The van der Waals surface area contributed by atoms with Crippen molar-refractivity contribution < 1.29 is 27.5 Å². The van der Waals surface area contributed by atoms with E-state index in [4.69, 9.17) is 34.8 Å². The SMILES string of the molecule is COC(=O)c1ccc(N2C(=O)CC(N(Cc3ccccc3Cl)S(=O)(=O)c3cc(Cl)ccc3Cl)C2=O)cc1. The van der Waals surface area contributed by atoms with Crippen LogP contribution in [0, 0.1) is 0 Å². The van der Waals surface area contributed by atoms with E-state index in [1.165, 1.54) is 49.6 Å². The highest BCUT2D eigenvalue weighted by Gasteiger charge is 2.47. The fraction of sp³-hybridized carbons (Fsp3) is 0.160. The number of rotatable bonds is 7. The van der Waals surface area contributed by atoms with E-state index in [0.717, 1.165) is 9.21 Å². The van der Waals surface area contributed by atoms with Gasteiger partial charge in [-0.25, -0.2) is 18.1 Å². The van der Waals surface area contributed by atoms with Crippen LogP contribution in [0.5, 0.6) is 0 Å². The number of methoxy groups -OCH3 is 1. The molecular weight excluding hydrogens is 563 g/mol. The molecule has 1 atom stereocenters. The van der Waals surface area contributed by atoms with Gasteiger partial charge < -0.3 is 4.74 Å². The Hall–Kier alpha value is -2.95. The molecule has 0 N–H and O–H groups in total. The van der Waals surface area contributed by atoms with E-state index in [2.05, 4.69) is 4.74 Å². The Morgan fingerprint density at radius 1 is 1.00 bits per heavy atom. The number of halogens is 3. The molecule has 1 fully saturated rings. The number of esters is 1. The minimum Gasteiger partial charge on any atom is -0.465 e. The van der Waals surface area contributed by atoms with Crippen LogP contribution in [0.3, 0.4) is 0 Å². The largest absolute Gasteiger partial charge is 0.465 e. The van der Waals surface area contributed by atoms with Crippen LogP contribution in [-0.4, -0.2) is 43.7 Å². The minimum absolute atomic E-state index is 0.0967. The molecule has 8 nitrogen and oxygen atoms in total. The molecular formula is C25H19Cl3N2O6S. The van der Waals surface area contributed by atoms with Crippen LogP contribution >= 0.6 is 34.8 Å². The van der Waals surface area contributed by atoms with Gasteiger partial charge >= 0.3 is 5.97 Å². The van der Waals surface area contributed by atoms with Crippen molar-refractivity contribution in [2.24, 2.45) is 0 Å². The third kappa shape index (κ3) is 5.37.